The molecule has 0 radical (unpaired) electrons. The molecule has 0 spiro atoms. The van der Waals surface area contributed by atoms with Crippen molar-refractivity contribution in [1.29, 1.82) is 0 Å². The Balaban J connectivity index is 2.62. The quantitative estimate of drug-likeness (QED) is 0.669. The van der Waals surface area contributed by atoms with E-state index >= 15 is 0 Å². The maximum atomic E-state index is 12.3. The Hall–Kier alpha value is -1.77. The van der Waals surface area contributed by atoms with Gasteiger partial charge in [0, 0.05) is 13.1 Å². The molecule has 9 heteroatoms. The van der Waals surface area contributed by atoms with Gasteiger partial charge in [-0.25, -0.2) is 14.2 Å². The molecule has 1 N–H and O–H groups in total. The fourth-order valence-electron chi connectivity index (χ4n) is 1.32. The van der Waals surface area contributed by atoms with E-state index in [0.717, 1.165) is 19.1 Å². The van der Waals surface area contributed by atoms with E-state index in [2.05, 4.69) is 10.4 Å². The SMILES string of the molecule is CC(=O)N(CC(F)F)NCc1ccc(C(F)(F)F)cn1. The van der Waals surface area contributed by atoms with E-state index < -0.39 is 30.6 Å². The van der Waals surface area contributed by atoms with Crippen LogP contribution in [0.25, 0.3) is 0 Å². The number of amides is 1. The highest BCUT2D eigenvalue weighted by Crippen LogP contribution is 2.28. The van der Waals surface area contributed by atoms with Gasteiger partial charge in [-0.05, 0) is 12.1 Å². The Morgan fingerprint density at radius 2 is 2.05 bits per heavy atom. The van der Waals surface area contributed by atoms with Crippen LogP contribution in [0, 0.1) is 0 Å². The molecule has 0 saturated carbocycles. The van der Waals surface area contributed by atoms with Gasteiger partial charge in [-0.2, -0.15) is 13.2 Å². The molecule has 1 amide bonds. The minimum Gasteiger partial charge on any atom is -0.274 e. The standard InChI is InChI=1S/C11H12F5N3O/c1-7(20)19(6-10(12)13)18-5-9-3-2-8(4-17-9)11(14,15)16/h2-4,10,18H,5-6H2,1H3. The molecule has 0 bridgehead atoms. The molecule has 0 unspecified atom stereocenters. The fraction of sp³-hybridized carbons (Fsp3) is 0.455. The maximum Gasteiger partial charge on any atom is 0.417 e. The third-order valence-corrected chi connectivity index (χ3v) is 2.30. The highest BCUT2D eigenvalue weighted by molar-refractivity contribution is 5.72. The largest absolute Gasteiger partial charge is 0.417 e. The van der Waals surface area contributed by atoms with Crippen molar-refractivity contribution in [2.24, 2.45) is 0 Å². The van der Waals surface area contributed by atoms with Crippen LogP contribution < -0.4 is 5.43 Å². The van der Waals surface area contributed by atoms with Gasteiger partial charge in [0.25, 0.3) is 6.43 Å². The number of carbonyl (C=O) groups is 1. The van der Waals surface area contributed by atoms with Crippen LogP contribution >= 0.6 is 0 Å². The molecular weight excluding hydrogens is 285 g/mol. The Morgan fingerprint density at radius 3 is 2.45 bits per heavy atom. The second kappa shape index (κ2) is 6.60. The van der Waals surface area contributed by atoms with Crippen LogP contribution in [0.3, 0.4) is 0 Å². The molecule has 4 nitrogen and oxygen atoms in total. The second-order valence-electron chi connectivity index (χ2n) is 3.89. The number of rotatable bonds is 5. The molecule has 1 rings (SSSR count). The van der Waals surface area contributed by atoms with Crippen molar-refractivity contribution in [2.75, 3.05) is 6.54 Å². The van der Waals surface area contributed by atoms with Crippen LogP contribution in [-0.2, 0) is 17.5 Å². The van der Waals surface area contributed by atoms with Gasteiger partial charge in [0.1, 0.15) is 0 Å². The van der Waals surface area contributed by atoms with Crippen molar-refractivity contribution in [3.8, 4) is 0 Å². The number of pyridine rings is 1. The Bertz CT molecular complexity index is 446. The molecule has 0 atom stereocenters. The van der Waals surface area contributed by atoms with Gasteiger partial charge in [0.15, 0.2) is 0 Å². The van der Waals surface area contributed by atoms with Gasteiger partial charge in [0.2, 0.25) is 5.91 Å². The normalized spacial score (nSPS) is 11.8. The third-order valence-electron chi connectivity index (χ3n) is 2.30. The van der Waals surface area contributed by atoms with Crippen LogP contribution in [0.1, 0.15) is 18.2 Å². The molecule has 112 valence electrons. The van der Waals surface area contributed by atoms with E-state index in [-0.39, 0.29) is 12.2 Å². The number of nitrogens with one attached hydrogen (secondary N) is 1. The van der Waals surface area contributed by atoms with E-state index in [1.807, 2.05) is 0 Å². The number of nitrogens with zero attached hydrogens (tertiary/aromatic N) is 2. The molecule has 0 aliphatic heterocycles. The zero-order valence-electron chi connectivity index (χ0n) is 10.4. The lowest BCUT2D eigenvalue weighted by molar-refractivity contribution is -0.137. The first-order valence-electron chi connectivity index (χ1n) is 5.52. The molecular formula is C11H12F5N3O. The predicted octanol–water partition coefficient (Wildman–Crippen LogP) is 2.22. The van der Waals surface area contributed by atoms with Crippen LogP contribution in [0.15, 0.2) is 18.3 Å². The first-order valence-corrected chi connectivity index (χ1v) is 5.52. The first kappa shape index (κ1) is 16.3. The molecule has 1 aromatic rings. The van der Waals surface area contributed by atoms with Gasteiger partial charge in [-0.1, -0.05) is 0 Å². The average molecular weight is 297 g/mol. The minimum absolute atomic E-state index is 0.134. The summed E-state index contributed by atoms with van der Waals surface area (Å²) < 4.78 is 61.2. The zero-order valence-corrected chi connectivity index (χ0v) is 10.4. The number of hydrogen-bond donors (Lipinski definition) is 1. The summed E-state index contributed by atoms with van der Waals surface area (Å²) >= 11 is 0. The average Bonchev–Trinajstić information content (AvgIpc) is 2.33. The smallest absolute Gasteiger partial charge is 0.274 e. The summed E-state index contributed by atoms with van der Waals surface area (Å²) in [7, 11) is 0. The summed E-state index contributed by atoms with van der Waals surface area (Å²) in [4.78, 5) is 14.6. The van der Waals surface area contributed by atoms with Crippen molar-refractivity contribution >= 4 is 5.91 Å². The molecule has 20 heavy (non-hydrogen) atoms. The van der Waals surface area contributed by atoms with Gasteiger partial charge in [-0.3, -0.25) is 14.8 Å². The number of aromatic nitrogens is 1. The van der Waals surface area contributed by atoms with Crippen LogP contribution in [0.5, 0.6) is 0 Å². The van der Waals surface area contributed by atoms with E-state index in [9.17, 15) is 26.7 Å². The van der Waals surface area contributed by atoms with Gasteiger partial charge < -0.3 is 0 Å². The predicted molar refractivity (Wildman–Crippen MR) is 59.5 cm³/mol. The Morgan fingerprint density at radius 1 is 1.40 bits per heavy atom. The molecule has 0 fully saturated rings. The summed E-state index contributed by atoms with van der Waals surface area (Å²) in [6, 6.07) is 1.94. The monoisotopic (exact) mass is 297 g/mol. The summed E-state index contributed by atoms with van der Waals surface area (Å²) in [5.74, 6) is -0.628. The van der Waals surface area contributed by atoms with E-state index in [0.29, 0.717) is 11.2 Å². The number of hydrazine groups is 1. The Kier molecular flexibility index (Phi) is 5.37. The first-order chi connectivity index (χ1) is 9.20. The molecule has 0 aromatic carbocycles. The van der Waals surface area contributed by atoms with E-state index in [1.54, 1.807) is 0 Å². The third kappa shape index (κ3) is 5.08. The summed E-state index contributed by atoms with van der Waals surface area (Å²) in [6.07, 6.45) is -6.56. The number of carbonyl (C=O) groups excluding carboxylic acids is 1. The molecule has 0 aliphatic rings. The highest BCUT2D eigenvalue weighted by atomic mass is 19.4. The summed E-state index contributed by atoms with van der Waals surface area (Å²) in [6.45, 7) is 0.149. The van der Waals surface area contributed by atoms with Gasteiger partial charge in [0.05, 0.1) is 24.3 Å². The van der Waals surface area contributed by atoms with Crippen LogP contribution in [0.4, 0.5) is 22.0 Å². The number of halogens is 5. The highest BCUT2D eigenvalue weighted by Gasteiger charge is 2.30. The molecule has 1 aromatic heterocycles. The van der Waals surface area contributed by atoms with Crippen molar-refractivity contribution in [2.45, 2.75) is 26.1 Å². The van der Waals surface area contributed by atoms with Crippen molar-refractivity contribution in [3.63, 3.8) is 0 Å². The van der Waals surface area contributed by atoms with Crippen molar-refractivity contribution in [1.82, 2.24) is 15.4 Å². The topological polar surface area (TPSA) is 45.2 Å². The fourth-order valence-corrected chi connectivity index (χ4v) is 1.32. The lowest BCUT2D eigenvalue weighted by Crippen LogP contribution is -2.44. The zero-order chi connectivity index (χ0) is 15.3. The lowest BCUT2D eigenvalue weighted by atomic mass is 10.2. The lowest BCUT2D eigenvalue weighted by Gasteiger charge is -2.21. The minimum atomic E-state index is -4.49. The second-order valence-corrected chi connectivity index (χ2v) is 3.89. The molecule has 1 heterocycles. The Labute approximate surface area is 111 Å². The van der Waals surface area contributed by atoms with Crippen molar-refractivity contribution < 1.29 is 26.7 Å². The van der Waals surface area contributed by atoms with E-state index in [1.165, 1.54) is 0 Å². The van der Waals surface area contributed by atoms with E-state index in [4.69, 9.17) is 0 Å². The maximum absolute atomic E-state index is 12.3. The number of hydrogen-bond acceptors (Lipinski definition) is 3. The van der Waals surface area contributed by atoms with Gasteiger partial charge in [-0.15, -0.1) is 0 Å². The summed E-state index contributed by atoms with van der Waals surface area (Å²) in [5.41, 5.74) is 1.67. The summed E-state index contributed by atoms with van der Waals surface area (Å²) in [5, 5.41) is 0.685. The molecule has 0 saturated heterocycles. The van der Waals surface area contributed by atoms with Crippen LogP contribution in [0.2, 0.25) is 0 Å². The van der Waals surface area contributed by atoms with Crippen molar-refractivity contribution in [3.05, 3.63) is 29.6 Å². The number of alkyl halides is 5. The molecule has 0 aliphatic carbocycles. The van der Waals surface area contributed by atoms with Gasteiger partial charge >= 0.3 is 6.18 Å². The van der Waals surface area contributed by atoms with Crippen LogP contribution in [-0.4, -0.2) is 28.9 Å².